The Balaban J connectivity index is 2.30. The summed E-state index contributed by atoms with van der Waals surface area (Å²) in [6, 6.07) is 11.4. The Labute approximate surface area is 128 Å². The molecule has 3 nitrogen and oxygen atoms in total. The van der Waals surface area contributed by atoms with Gasteiger partial charge >= 0.3 is 0 Å². The van der Waals surface area contributed by atoms with Crippen LogP contribution in [0.5, 0.6) is 5.75 Å². The zero-order valence-electron chi connectivity index (χ0n) is 12.7. The first-order valence-corrected chi connectivity index (χ1v) is 8.30. The molecule has 0 saturated heterocycles. The molecule has 0 heterocycles. The molecule has 1 unspecified atom stereocenters. The summed E-state index contributed by atoms with van der Waals surface area (Å²) in [6.07, 6.45) is 0. The Kier molecular flexibility index (Phi) is 5.02. The van der Waals surface area contributed by atoms with Crippen LogP contribution < -0.4 is 10.5 Å². The van der Waals surface area contributed by atoms with E-state index in [0.717, 1.165) is 16.7 Å². The van der Waals surface area contributed by atoms with E-state index < -0.39 is 10.8 Å². The van der Waals surface area contributed by atoms with E-state index in [1.807, 2.05) is 39.0 Å². The Morgan fingerprint density at radius 3 is 2.43 bits per heavy atom. The van der Waals surface area contributed by atoms with Gasteiger partial charge in [-0.3, -0.25) is 4.21 Å². The molecule has 112 valence electrons. The SMILES string of the molecule is CCOc1ccc(N)c(S(=O)Cc2c(C)cccc2C)c1. The van der Waals surface area contributed by atoms with Gasteiger partial charge in [0.15, 0.2) is 0 Å². The van der Waals surface area contributed by atoms with Crippen LogP contribution in [0.25, 0.3) is 0 Å². The number of aryl methyl sites for hydroxylation is 2. The first-order valence-electron chi connectivity index (χ1n) is 6.98. The van der Waals surface area contributed by atoms with Gasteiger partial charge in [-0.15, -0.1) is 0 Å². The van der Waals surface area contributed by atoms with Crippen LogP contribution in [0.2, 0.25) is 0 Å². The van der Waals surface area contributed by atoms with Gasteiger partial charge in [0, 0.05) is 5.69 Å². The molecule has 2 N–H and O–H groups in total. The van der Waals surface area contributed by atoms with Gasteiger partial charge in [-0.2, -0.15) is 0 Å². The van der Waals surface area contributed by atoms with Gasteiger partial charge in [0.2, 0.25) is 0 Å². The minimum Gasteiger partial charge on any atom is -0.494 e. The van der Waals surface area contributed by atoms with Gasteiger partial charge < -0.3 is 10.5 Å². The molecule has 2 rings (SSSR count). The highest BCUT2D eigenvalue weighted by Crippen LogP contribution is 2.26. The molecule has 0 aliphatic carbocycles. The molecule has 0 aliphatic heterocycles. The van der Waals surface area contributed by atoms with Crippen molar-refractivity contribution in [1.29, 1.82) is 0 Å². The van der Waals surface area contributed by atoms with E-state index in [2.05, 4.69) is 0 Å². The second kappa shape index (κ2) is 6.76. The van der Waals surface area contributed by atoms with Crippen LogP contribution in [-0.4, -0.2) is 10.8 Å². The van der Waals surface area contributed by atoms with E-state index in [4.69, 9.17) is 10.5 Å². The summed E-state index contributed by atoms with van der Waals surface area (Å²) in [5, 5.41) is 0. The molecule has 2 aromatic carbocycles. The third-order valence-electron chi connectivity index (χ3n) is 3.46. The van der Waals surface area contributed by atoms with E-state index in [9.17, 15) is 4.21 Å². The fourth-order valence-corrected chi connectivity index (χ4v) is 3.71. The molecule has 0 fully saturated rings. The monoisotopic (exact) mass is 303 g/mol. The maximum absolute atomic E-state index is 12.7. The molecule has 1 atom stereocenters. The number of rotatable bonds is 5. The summed E-state index contributed by atoms with van der Waals surface area (Å²) >= 11 is 0. The first kappa shape index (κ1) is 15.6. The van der Waals surface area contributed by atoms with Gasteiger partial charge in [0.05, 0.1) is 28.1 Å². The molecule has 4 heteroatoms. The first-order chi connectivity index (χ1) is 10.0. The summed E-state index contributed by atoms with van der Waals surface area (Å²) < 4.78 is 18.1. The molecule has 0 saturated carbocycles. The summed E-state index contributed by atoms with van der Waals surface area (Å²) in [4.78, 5) is 0.642. The predicted octanol–water partition coefficient (Wildman–Crippen LogP) is 3.59. The van der Waals surface area contributed by atoms with Crippen molar-refractivity contribution in [3.05, 3.63) is 53.1 Å². The second-order valence-electron chi connectivity index (χ2n) is 4.99. The van der Waals surface area contributed by atoms with Gasteiger partial charge in [-0.1, -0.05) is 18.2 Å². The lowest BCUT2D eigenvalue weighted by atomic mass is 10.1. The third-order valence-corrected chi connectivity index (χ3v) is 4.86. The molecule has 0 radical (unpaired) electrons. The second-order valence-corrected chi connectivity index (χ2v) is 6.41. The predicted molar refractivity (Wildman–Crippen MR) is 88.1 cm³/mol. The van der Waals surface area contributed by atoms with Crippen LogP contribution in [0.3, 0.4) is 0 Å². The molecule has 0 amide bonds. The van der Waals surface area contributed by atoms with E-state index in [-0.39, 0.29) is 0 Å². The van der Waals surface area contributed by atoms with Crippen molar-refractivity contribution in [1.82, 2.24) is 0 Å². The zero-order chi connectivity index (χ0) is 15.4. The number of anilines is 1. The van der Waals surface area contributed by atoms with Crippen molar-refractivity contribution < 1.29 is 8.95 Å². The van der Waals surface area contributed by atoms with Crippen molar-refractivity contribution in [2.24, 2.45) is 0 Å². The van der Waals surface area contributed by atoms with Crippen molar-refractivity contribution in [2.45, 2.75) is 31.4 Å². The summed E-state index contributed by atoms with van der Waals surface area (Å²) in [5.41, 5.74) is 9.95. The van der Waals surface area contributed by atoms with Crippen LogP contribution >= 0.6 is 0 Å². The highest BCUT2D eigenvalue weighted by Gasteiger charge is 2.13. The maximum Gasteiger partial charge on any atom is 0.120 e. The summed E-state index contributed by atoms with van der Waals surface area (Å²) in [6.45, 7) is 6.58. The number of hydrogen-bond acceptors (Lipinski definition) is 3. The zero-order valence-corrected chi connectivity index (χ0v) is 13.5. The molecule has 0 aromatic heterocycles. The molecule has 2 aromatic rings. The molecule has 0 aliphatic rings. The third kappa shape index (κ3) is 3.64. The van der Waals surface area contributed by atoms with E-state index >= 15 is 0 Å². The van der Waals surface area contributed by atoms with Crippen molar-refractivity contribution in [2.75, 3.05) is 12.3 Å². The lowest BCUT2D eigenvalue weighted by molar-refractivity contribution is 0.339. The topological polar surface area (TPSA) is 52.3 Å². The van der Waals surface area contributed by atoms with Gasteiger partial charge in [0.25, 0.3) is 0 Å². The minimum atomic E-state index is -1.19. The summed E-state index contributed by atoms with van der Waals surface area (Å²) in [7, 11) is -1.19. The van der Waals surface area contributed by atoms with Crippen LogP contribution in [0.1, 0.15) is 23.6 Å². The van der Waals surface area contributed by atoms with Crippen molar-refractivity contribution in [3.8, 4) is 5.75 Å². The number of nitrogens with two attached hydrogens (primary N) is 1. The number of nitrogen functional groups attached to an aromatic ring is 1. The normalized spacial score (nSPS) is 12.1. The molecule has 0 bridgehead atoms. The van der Waals surface area contributed by atoms with Crippen LogP contribution in [0, 0.1) is 13.8 Å². The molecular formula is C17H21NO2S. The van der Waals surface area contributed by atoms with E-state index in [1.165, 1.54) is 0 Å². The maximum atomic E-state index is 12.7. The molecular weight excluding hydrogens is 282 g/mol. The Morgan fingerprint density at radius 2 is 1.81 bits per heavy atom. The van der Waals surface area contributed by atoms with Gasteiger partial charge in [-0.25, -0.2) is 0 Å². The van der Waals surface area contributed by atoms with E-state index in [0.29, 0.717) is 28.7 Å². The van der Waals surface area contributed by atoms with Crippen LogP contribution in [-0.2, 0) is 16.6 Å². The average molecular weight is 303 g/mol. The highest BCUT2D eigenvalue weighted by molar-refractivity contribution is 7.84. The van der Waals surface area contributed by atoms with Crippen molar-refractivity contribution in [3.63, 3.8) is 0 Å². The standard InChI is InChI=1S/C17H21NO2S/c1-4-20-14-8-9-16(18)17(10-14)21(19)11-15-12(2)6-5-7-13(15)3/h5-10H,4,11,18H2,1-3H3. The quantitative estimate of drug-likeness (QED) is 0.859. The fourth-order valence-electron chi connectivity index (χ4n) is 2.25. The Hall–Kier alpha value is -1.81. The highest BCUT2D eigenvalue weighted by atomic mass is 32.2. The van der Waals surface area contributed by atoms with Gasteiger partial charge in [-0.05, 0) is 55.7 Å². The Morgan fingerprint density at radius 1 is 1.14 bits per heavy atom. The van der Waals surface area contributed by atoms with Gasteiger partial charge in [0.1, 0.15) is 5.75 Å². The minimum absolute atomic E-state index is 0.471. The smallest absolute Gasteiger partial charge is 0.120 e. The Bertz CT molecular complexity index is 648. The largest absolute Gasteiger partial charge is 0.494 e. The lowest BCUT2D eigenvalue weighted by Gasteiger charge is -2.12. The molecule has 0 spiro atoms. The number of hydrogen-bond donors (Lipinski definition) is 1. The summed E-state index contributed by atoms with van der Waals surface area (Å²) in [5.74, 6) is 1.18. The number of benzene rings is 2. The molecule has 21 heavy (non-hydrogen) atoms. The van der Waals surface area contributed by atoms with Crippen LogP contribution in [0.4, 0.5) is 5.69 Å². The van der Waals surface area contributed by atoms with Crippen molar-refractivity contribution >= 4 is 16.5 Å². The average Bonchev–Trinajstić information content (AvgIpc) is 2.45. The lowest BCUT2D eigenvalue weighted by Crippen LogP contribution is -2.04. The van der Waals surface area contributed by atoms with Crippen LogP contribution in [0.15, 0.2) is 41.3 Å². The fraction of sp³-hybridized carbons (Fsp3) is 0.294. The number of ether oxygens (including phenoxy) is 1. The van der Waals surface area contributed by atoms with E-state index in [1.54, 1.807) is 18.2 Å².